The van der Waals surface area contributed by atoms with Crippen molar-refractivity contribution in [3.63, 3.8) is 0 Å². The predicted octanol–water partition coefficient (Wildman–Crippen LogP) is 7.66. The number of hydrogen-bond donors (Lipinski definition) is 2. The van der Waals surface area contributed by atoms with Crippen LogP contribution in [0.15, 0.2) is 54.6 Å². The molecule has 2 aromatic carbocycles. The molecule has 2 aromatic heterocycles. The van der Waals surface area contributed by atoms with Crippen LogP contribution >= 0.6 is 0 Å². The van der Waals surface area contributed by atoms with E-state index < -0.39 is 0 Å². The third-order valence-electron chi connectivity index (χ3n) is 9.43. The molecular weight excluding hydrogens is 506 g/mol. The molecule has 1 atom stereocenters. The van der Waals surface area contributed by atoms with Gasteiger partial charge in [-0.25, -0.2) is 4.98 Å². The molecule has 0 radical (unpaired) electrons. The summed E-state index contributed by atoms with van der Waals surface area (Å²) in [5.74, 6) is 0.444. The van der Waals surface area contributed by atoms with Gasteiger partial charge in [-0.15, -0.1) is 0 Å². The number of phenolic OH excluding ortho intramolecular Hbond substituents is 1. The minimum absolute atomic E-state index is 0.0635. The zero-order chi connectivity index (χ0) is 28.3. The van der Waals surface area contributed by atoms with E-state index in [0.29, 0.717) is 12.5 Å². The van der Waals surface area contributed by atoms with Gasteiger partial charge in [0.15, 0.2) is 0 Å². The summed E-state index contributed by atoms with van der Waals surface area (Å²) in [5, 5.41) is 14.7. The summed E-state index contributed by atoms with van der Waals surface area (Å²) >= 11 is 0. The van der Waals surface area contributed by atoms with Gasteiger partial charge in [0.2, 0.25) is 5.91 Å². The van der Waals surface area contributed by atoms with Crippen LogP contribution in [0.5, 0.6) is 5.75 Å². The highest BCUT2D eigenvalue weighted by atomic mass is 16.3. The van der Waals surface area contributed by atoms with Crippen molar-refractivity contribution in [2.24, 2.45) is 5.92 Å². The monoisotopic (exact) mass is 549 g/mol. The lowest BCUT2D eigenvalue weighted by Gasteiger charge is -2.26. The highest BCUT2D eigenvalue weighted by molar-refractivity contribution is 5.86. The molecule has 0 aliphatic heterocycles. The molecule has 2 N–H and O–H groups in total. The van der Waals surface area contributed by atoms with Gasteiger partial charge < -0.3 is 15.0 Å². The summed E-state index contributed by atoms with van der Waals surface area (Å²) < 4.78 is 2.46. The van der Waals surface area contributed by atoms with E-state index in [1.807, 2.05) is 12.1 Å². The number of carbonyl (C=O) groups is 1. The number of hydrogen-bond acceptors (Lipinski definition) is 3. The number of nitrogens with zero attached hydrogens (tertiary/aromatic N) is 2. The minimum atomic E-state index is -0.180. The van der Waals surface area contributed by atoms with E-state index in [4.69, 9.17) is 4.98 Å². The van der Waals surface area contributed by atoms with Crippen molar-refractivity contribution in [2.45, 2.75) is 97.1 Å². The van der Waals surface area contributed by atoms with Gasteiger partial charge in [-0.3, -0.25) is 4.79 Å². The molecule has 4 aromatic rings. The molecule has 0 spiro atoms. The fourth-order valence-corrected chi connectivity index (χ4v) is 7.39. The van der Waals surface area contributed by atoms with Crippen LogP contribution in [0.4, 0.5) is 0 Å². The average molecular weight is 550 g/mol. The number of fused-ring (bicyclic) bond motifs is 3. The van der Waals surface area contributed by atoms with Crippen LogP contribution in [0.1, 0.15) is 96.5 Å². The van der Waals surface area contributed by atoms with Crippen LogP contribution in [-0.4, -0.2) is 20.6 Å². The average Bonchev–Trinajstić information content (AvgIpc) is 3.10. The van der Waals surface area contributed by atoms with Gasteiger partial charge in [0.25, 0.3) is 0 Å². The molecule has 0 bridgehead atoms. The molecule has 0 saturated heterocycles. The molecule has 1 saturated carbocycles. The molecule has 5 nitrogen and oxygen atoms in total. The highest BCUT2D eigenvalue weighted by Gasteiger charge is 2.30. The van der Waals surface area contributed by atoms with E-state index in [9.17, 15) is 9.90 Å². The van der Waals surface area contributed by atoms with Gasteiger partial charge in [-0.05, 0) is 92.7 Å². The summed E-state index contributed by atoms with van der Waals surface area (Å²) in [6.45, 7) is 5.46. The summed E-state index contributed by atoms with van der Waals surface area (Å²) in [5.41, 5.74) is 9.58. The number of aromatic hydroxyl groups is 1. The number of rotatable bonds is 7. The first-order chi connectivity index (χ1) is 20.0. The second-order valence-electron chi connectivity index (χ2n) is 12.3. The molecule has 214 valence electrons. The van der Waals surface area contributed by atoms with Crippen molar-refractivity contribution >= 4 is 16.9 Å². The molecule has 5 heteroatoms. The maximum absolute atomic E-state index is 13.7. The van der Waals surface area contributed by atoms with Gasteiger partial charge in [-0.2, -0.15) is 0 Å². The molecule has 2 heterocycles. The van der Waals surface area contributed by atoms with Crippen LogP contribution in [0.25, 0.3) is 11.0 Å². The predicted molar refractivity (Wildman–Crippen MR) is 165 cm³/mol. The molecular formula is C36H43N3O2. The summed E-state index contributed by atoms with van der Waals surface area (Å²) in [6.07, 6.45) is 11.8. The maximum atomic E-state index is 13.7. The Morgan fingerprint density at radius 1 is 0.976 bits per heavy atom. The van der Waals surface area contributed by atoms with Crippen LogP contribution in [0, 0.1) is 19.8 Å². The van der Waals surface area contributed by atoms with Crippen LogP contribution in [0.3, 0.4) is 0 Å². The highest BCUT2D eigenvalue weighted by Crippen LogP contribution is 2.37. The van der Waals surface area contributed by atoms with E-state index in [0.717, 1.165) is 54.7 Å². The molecule has 6 rings (SSSR count). The number of nitrogens with one attached hydrogen (secondary N) is 1. The number of amides is 1. The number of para-hydroxylation sites is 1. The number of phenols is 1. The quantitative estimate of drug-likeness (QED) is 0.233. The zero-order valence-corrected chi connectivity index (χ0v) is 24.6. The third kappa shape index (κ3) is 5.77. The van der Waals surface area contributed by atoms with Crippen molar-refractivity contribution in [3.05, 3.63) is 93.8 Å². The van der Waals surface area contributed by atoms with Crippen molar-refractivity contribution in [2.75, 3.05) is 0 Å². The van der Waals surface area contributed by atoms with Gasteiger partial charge in [0.05, 0.1) is 5.92 Å². The topological polar surface area (TPSA) is 67.2 Å². The van der Waals surface area contributed by atoms with Gasteiger partial charge >= 0.3 is 0 Å². The van der Waals surface area contributed by atoms with E-state index in [2.05, 4.69) is 54.1 Å². The Bertz CT molecular complexity index is 1530. The van der Waals surface area contributed by atoms with Crippen molar-refractivity contribution in [1.82, 2.24) is 14.9 Å². The number of carbonyl (C=O) groups excluding carboxylic acids is 1. The maximum Gasteiger partial charge on any atom is 0.228 e. The standard InChI is InChI=1S/C36H43N3O2/c1-24-21-25(2)38-35-33(24)30-14-8-9-15-31(30)39(35)23-26-17-19-28(20-18-26)34(27-11-5-3-4-6-12-27)36(41)37-22-29-13-7-10-16-32(29)40/h7,10,13,16-21,27,34,40H,3-6,8-9,11-12,14-15,22-23H2,1-2H3,(H,37,41). The molecule has 1 fully saturated rings. The van der Waals surface area contributed by atoms with Gasteiger partial charge in [0.1, 0.15) is 11.4 Å². The van der Waals surface area contributed by atoms with Gasteiger partial charge in [0, 0.05) is 35.4 Å². The van der Waals surface area contributed by atoms with Crippen molar-refractivity contribution < 1.29 is 9.90 Å². The Morgan fingerprint density at radius 3 is 2.46 bits per heavy atom. The Hall–Kier alpha value is -3.60. The van der Waals surface area contributed by atoms with Crippen LogP contribution in [-0.2, 0) is 30.7 Å². The fraction of sp³-hybridized carbons (Fsp3) is 0.444. The molecule has 2 aliphatic carbocycles. The van der Waals surface area contributed by atoms with E-state index in [1.54, 1.807) is 12.1 Å². The SMILES string of the molecule is Cc1cc(C)c2c3c(n(Cc4ccc(C(C(=O)NCc5ccccc5O)C5CCCCCC5)cc4)c2n1)CCCC3. The van der Waals surface area contributed by atoms with E-state index in [1.165, 1.54) is 66.3 Å². The fourth-order valence-electron chi connectivity index (χ4n) is 7.39. The lowest BCUT2D eigenvalue weighted by Crippen LogP contribution is -2.33. The van der Waals surface area contributed by atoms with E-state index >= 15 is 0 Å². The molecule has 41 heavy (non-hydrogen) atoms. The first-order valence-corrected chi connectivity index (χ1v) is 15.6. The molecule has 2 aliphatic rings. The third-order valence-corrected chi connectivity index (χ3v) is 9.43. The lowest BCUT2D eigenvalue weighted by atomic mass is 9.80. The van der Waals surface area contributed by atoms with E-state index in [-0.39, 0.29) is 17.6 Å². The second kappa shape index (κ2) is 12.1. The first-order valence-electron chi connectivity index (χ1n) is 15.6. The molecule has 1 amide bonds. The second-order valence-corrected chi connectivity index (χ2v) is 12.3. The van der Waals surface area contributed by atoms with Crippen molar-refractivity contribution in [1.29, 1.82) is 0 Å². The minimum Gasteiger partial charge on any atom is -0.508 e. The Kier molecular flexibility index (Phi) is 8.13. The number of benzene rings is 2. The Morgan fingerprint density at radius 2 is 1.71 bits per heavy atom. The number of pyridine rings is 1. The summed E-state index contributed by atoms with van der Waals surface area (Å²) in [7, 11) is 0. The summed E-state index contributed by atoms with van der Waals surface area (Å²) in [4.78, 5) is 18.8. The first kappa shape index (κ1) is 27.6. The van der Waals surface area contributed by atoms with Gasteiger partial charge in [-0.1, -0.05) is 68.1 Å². The number of aromatic nitrogens is 2. The summed E-state index contributed by atoms with van der Waals surface area (Å²) in [6, 6.07) is 18.3. The largest absolute Gasteiger partial charge is 0.508 e. The van der Waals surface area contributed by atoms with Crippen LogP contribution in [0.2, 0.25) is 0 Å². The normalized spacial score (nSPS) is 16.7. The van der Waals surface area contributed by atoms with Crippen molar-refractivity contribution in [3.8, 4) is 5.75 Å². The Labute approximate surface area is 244 Å². The number of aryl methyl sites for hydroxylation is 3. The van der Waals surface area contributed by atoms with Crippen LogP contribution < -0.4 is 5.32 Å². The lowest BCUT2D eigenvalue weighted by molar-refractivity contribution is -0.124. The smallest absolute Gasteiger partial charge is 0.228 e. The zero-order valence-electron chi connectivity index (χ0n) is 24.6. The molecule has 1 unspecified atom stereocenters. The Balaban J connectivity index is 1.28.